The van der Waals surface area contributed by atoms with Gasteiger partial charge in [0.25, 0.3) is 0 Å². The van der Waals surface area contributed by atoms with E-state index in [0.29, 0.717) is 5.75 Å². The average Bonchev–Trinajstić information content (AvgIpc) is 2.76. The Balaban J connectivity index is 1.59. The van der Waals surface area contributed by atoms with Crippen LogP contribution in [0.5, 0.6) is 0 Å². The molecule has 2 heterocycles. The van der Waals surface area contributed by atoms with Crippen LogP contribution in [0.2, 0.25) is 0 Å². The van der Waals surface area contributed by atoms with Gasteiger partial charge in [0.1, 0.15) is 5.82 Å². The maximum atomic E-state index is 12.1. The van der Waals surface area contributed by atoms with Crippen molar-refractivity contribution >= 4 is 39.3 Å². The second-order valence-electron chi connectivity index (χ2n) is 5.66. The Morgan fingerprint density at radius 1 is 1.35 bits per heavy atom. The van der Waals surface area contributed by atoms with Gasteiger partial charge in [0.15, 0.2) is 5.16 Å². The molecule has 2 aromatic rings. The number of nitrogens with zero attached hydrogens (tertiary/aromatic N) is 3. The number of anilines is 1. The molecule has 7 heteroatoms. The third-order valence-corrected chi connectivity index (χ3v) is 5.68. The number of aromatic nitrogens is 3. The normalized spacial score (nSPS) is 14.2. The minimum Gasteiger partial charge on any atom is -0.325 e. The number of thioether (sulfide) groups is 1. The van der Waals surface area contributed by atoms with Gasteiger partial charge in [-0.3, -0.25) is 4.79 Å². The standard InChI is InChI=1S/C16H19BrN4OS/c1-11-6-7-12(9-13(11)17)18-15(22)10-23-16-20-19-14-5-3-2-4-8-21(14)16/h6-7,9H,2-5,8,10H2,1H3,(H,18,22). The van der Waals surface area contributed by atoms with Crippen molar-refractivity contribution in [3.8, 4) is 0 Å². The number of amides is 1. The van der Waals surface area contributed by atoms with Gasteiger partial charge in [0.2, 0.25) is 5.91 Å². The Bertz CT molecular complexity index is 716. The molecule has 0 spiro atoms. The number of hydrogen-bond donors (Lipinski definition) is 1. The van der Waals surface area contributed by atoms with E-state index in [-0.39, 0.29) is 5.91 Å². The topological polar surface area (TPSA) is 59.8 Å². The van der Waals surface area contributed by atoms with E-state index in [0.717, 1.165) is 46.1 Å². The summed E-state index contributed by atoms with van der Waals surface area (Å²) in [6.45, 7) is 2.97. The van der Waals surface area contributed by atoms with Crippen LogP contribution in [0.1, 0.15) is 30.7 Å². The highest BCUT2D eigenvalue weighted by Gasteiger charge is 2.16. The molecule has 0 bridgehead atoms. The number of benzene rings is 1. The molecule has 1 N–H and O–H groups in total. The first-order valence-corrected chi connectivity index (χ1v) is 9.52. The zero-order valence-electron chi connectivity index (χ0n) is 13.0. The molecule has 0 radical (unpaired) electrons. The first-order chi connectivity index (χ1) is 11.1. The van der Waals surface area contributed by atoms with Crippen LogP contribution in [0.15, 0.2) is 27.8 Å². The largest absolute Gasteiger partial charge is 0.325 e. The van der Waals surface area contributed by atoms with E-state index < -0.39 is 0 Å². The highest BCUT2D eigenvalue weighted by molar-refractivity contribution is 9.10. The lowest BCUT2D eigenvalue weighted by molar-refractivity contribution is -0.113. The molecule has 5 nitrogen and oxygen atoms in total. The summed E-state index contributed by atoms with van der Waals surface area (Å²) < 4.78 is 3.15. The summed E-state index contributed by atoms with van der Waals surface area (Å²) in [5, 5.41) is 12.3. The van der Waals surface area contributed by atoms with Crippen molar-refractivity contribution < 1.29 is 4.79 Å². The molecule has 0 fully saturated rings. The average molecular weight is 395 g/mol. The number of rotatable bonds is 4. The summed E-state index contributed by atoms with van der Waals surface area (Å²) in [5.74, 6) is 1.36. The molecule has 0 atom stereocenters. The molecule has 1 aromatic heterocycles. The lowest BCUT2D eigenvalue weighted by Crippen LogP contribution is -2.14. The second kappa shape index (κ2) is 7.49. The zero-order valence-corrected chi connectivity index (χ0v) is 15.4. The summed E-state index contributed by atoms with van der Waals surface area (Å²) in [5.41, 5.74) is 1.94. The van der Waals surface area contributed by atoms with Crippen LogP contribution in [0, 0.1) is 6.92 Å². The van der Waals surface area contributed by atoms with Crippen molar-refractivity contribution in [2.24, 2.45) is 0 Å². The predicted octanol–water partition coefficient (Wildman–Crippen LogP) is 3.81. The maximum absolute atomic E-state index is 12.1. The van der Waals surface area contributed by atoms with Crippen LogP contribution in [-0.4, -0.2) is 26.4 Å². The van der Waals surface area contributed by atoms with Gasteiger partial charge in [0, 0.05) is 23.1 Å². The molecule has 1 aliphatic heterocycles. The monoisotopic (exact) mass is 394 g/mol. The van der Waals surface area contributed by atoms with Crippen LogP contribution >= 0.6 is 27.7 Å². The first-order valence-electron chi connectivity index (χ1n) is 7.74. The van der Waals surface area contributed by atoms with Crippen LogP contribution in [0.25, 0.3) is 0 Å². The third kappa shape index (κ3) is 4.14. The number of nitrogens with one attached hydrogen (secondary N) is 1. The smallest absolute Gasteiger partial charge is 0.234 e. The first kappa shape index (κ1) is 16.5. The number of hydrogen-bond acceptors (Lipinski definition) is 4. The Kier molecular flexibility index (Phi) is 5.38. The van der Waals surface area contributed by atoms with Crippen LogP contribution in [0.3, 0.4) is 0 Å². The zero-order chi connectivity index (χ0) is 16.2. The van der Waals surface area contributed by atoms with Crippen LogP contribution in [0.4, 0.5) is 5.69 Å². The minimum absolute atomic E-state index is 0.0308. The van der Waals surface area contributed by atoms with Crippen molar-refractivity contribution in [1.82, 2.24) is 14.8 Å². The fraction of sp³-hybridized carbons (Fsp3) is 0.438. The summed E-state index contributed by atoms with van der Waals surface area (Å²) >= 11 is 4.93. The van der Waals surface area contributed by atoms with Gasteiger partial charge >= 0.3 is 0 Å². The maximum Gasteiger partial charge on any atom is 0.234 e. The number of carbonyl (C=O) groups is 1. The molecular formula is C16H19BrN4OS. The summed E-state index contributed by atoms with van der Waals surface area (Å²) in [6, 6.07) is 5.80. The highest BCUT2D eigenvalue weighted by atomic mass is 79.9. The third-order valence-electron chi connectivity index (χ3n) is 3.86. The van der Waals surface area contributed by atoms with Gasteiger partial charge in [-0.2, -0.15) is 0 Å². The van der Waals surface area contributed by atoms with Gasteiger partial charge in [-0.05, 0) is 37.5 Å². The predicted molar refractivity (Wildman–Crippen MR) is 95.8 cm³/mol. The Hall–Kier alpha value is -1.34. The van der Waals surface area contributed by atoms with Crippen molar-refractivity contribution in [2.45, 2.75) is 44.3 Å². The molecular weight excluding hydrogens is 376 g/mol. The van der Waals surface area contributed by atoms with E-state index in [2.05, 4.69) is 36.0 Å². The van der Waals surface area contributed by atoms with Gasteiger partial charge < -0.3 is 9.88 Å². The van der Waals surface area contributed by atoms with Crippen molar-refractivity contribution in [1.29, 1.82) is 0 Å². The number of aryl methyl sites for hydroxylation is 2. The Morgan fingerprint density at radius 2 is 2.22 bits per heavy atom. The van der Waals surface area contributed by atoms with Crippen molar-refractivity contribution in [2.75, 3.05) is 11.1 Å². The number of halogens is 1. The fourth-order valence-electron chi connectivity index (χ4n) is 2.56. The minimum atomic E-state index is -0.0308. The second-order valence-corrected chi connectivity index (χ2v) is 7.46. The highest BCUT2D eigenvalue weighted by Crippen LogP contribution is 2.23. The molecule has 1 aliphatic rings. The van der Waals surface area contributed by atoms with Gasteiger partial charge in [0.05, 0.1) is 5.75 Å². The van der Waals surface area contributed by atoms with Crippen molar-refractivity contribution in [3.05, 3.63) is 34.1 Å². The van der Waals surface area contributed by atoms with E-state index in [1.807, 2.05) is 25.1 Å². The molecule has 3 rings (SSSR count). The van der Waals surface area contributed by atoms with Crippen LogP contribution in [-0.2, 0) is 17.8 Å². The number of fused-ring (bicyclic) bond motifs is 1. The molecule has 23 heavy (non-hydrogen) atoms. The van der Waals surface area contributed by atoms with E-state index >= 15 is 0 Å². The molecule has 0 unspecified atom stereocenters. The molecule has 1 aromatic carbocycles. The fourth-order valence-corrected chi connectivity index (χ4v) is 3.73. The SMILES string of the molecule is Cc1ccc(NC(=O)CSc2nnc3n2CCCCC3)cc1Br. The van der Waals surface area contributed by atoms with Crippen molar-refractivity contribution in [3.63, 3.8) is 0 Å². The van der Waals surface area contributed by atoms with Crippen LogP contribution < -0.4 is 5.32 Å². The molecule has 0 aliphatic carbocycles. The molecule has 122 valence electrons. The molecule has 0 saturated heterocycles. The van der Waals surface area contributed by atoms with E-state index in [9.17, 15) is 4.79 Å². The number of carbonyl (C=O) groups excluding carboxylic acids is 1. The Morgan fingerprint density at radius 3 is 3.04 bits per heavy atom. The summed E-state index contributed by atoms with van der Waals surface area (Å²) in [7, 11) is 0. The van der Waals surface area contributed by atoms with Gasteiger partial charge in [-0.1, -0.05) is 40.2 Å². The summed E-state index contributed by atoms with van der Waals surface area (Å²) in [4.78, 5) is 12.1. The lowest BCUT2D eigenvalue weighted by atomic mass is 10.2. The van der Waals surface area contributed by atoms with E-state index in [1.165, 1.54) is 24.6 Å². The van der Waals surface area contributed by atoms with E-state index in [1.54, 1.807) is 0 Å². The summed E-state index contributed by atoms with van der Waals surface area (Å²) in [6.07, 6.45) is 4.54. The lowest BCUT2D eigenvalue weighted by Gasteiger charge is -2.08. The Labute approximate surface area is 148 Å². The molecule has 1 amide bonds. The molecule has 0 saturated carbocycles. The quantitative estimate of drug-likeness (QED) is 0.800. The van der Waals surface area contributed by atoms with Gasteiger partial charge in [-0.15, -0.1) is 10.2 Å². The van der Waals surface area contributed by atoms with E-state index in [4.69, 9.17) is 0 Å². The van der Waals surface area contributed by atoms with Gasteiger partial charge in [-0.25, -0.2) is 0 Å².